The number of halogens is 2. The molecule has 0 aromatic rings. The second-order valence-electron chi connectivity index (χ2n) is 5.03. The Labute approximate surface area is 104 Å². The summed E-state index contributed by atoms with van der Waals surface area (Å²) in [7, 11) is 0. The van der Waals surface area contributed by atoms with Crippen LogP contribution in [0.3, 0.4) is 0 Å². The van der Waals surface area contributed by atoms with Crippen molar-refractivity contribution in [3.63, 3.8) is 0 Å². The monoisotopic (exact) mass is 248 g/mol. The zero-order chi connectivity index (χ0) is 12.7. The number of likely N-dealkylation sites (N-methyl/N-ethyl adjacent to an activating group) is 1. The number of rotatable bonds is 7. The van der Waals surface area contributed by atoms with E-state index in [0.29, 0.717) is 18.8 Å². The van der Waals surface area contributed by atoms with Gasteiger partial charge in [-0.25, -0.2) is 8.78 Å². The minimum Gasteiger partial charge on any atom is -0.315 e. The predicted molar refractivity (Wildman–Crippen MR) is 67.6 cm³/mol. The van der Waals surface area contributed by atoms with Gasteiger partial charge in [-0.2, -0.15) is 0 Å². The van der Waals surface area contributed by atoms with Crippen molar-refractivity contribution < 1.29 is 8.78 Å². The first kappa shape index (κ1) is 14.8. The van der Waals surface area contributed by atoms with E-state index in [9.17, 15) is 8.78 Å². The van der Waals surface area contributed by atoms with E-state index in [-0.39, 0.29) is 12.8 Å². The zero-order valence-electron chi connectivity index (χ0n) is 11.1. The van der Waals surface area contributed by atoms with Crippen LogP contribution in [0, 0.1) is 5.92 Å². The lowest BCUT2D eigenvalue weighted by molar-refractivity contribution is -0.0454. The second-order valence-corrected chi connectivity index (χ2v) is 5.03. The van der Waals surface area contributed by atoms with Crippen molar-refractivity contribution in [2.45, 2.75) is 45.5 Å². The van der Waals surface area contributed by atoms with Gasteiger partial charge in [0, 0.05) is 25.9 Å². The van der Waals surface area contributed by atoms with Crippen molar-refractivity contribution in [1.29, 1.82) is 0 Å². The summed E-state index contributed by atoms with van der Waals surface area (Å²) in [6.07, 6.45) is 1.50. The molecule has 1 fully saturated rings. The Kier molecular flexibility index (Phi) is 6.34. The van der Waals surface area contributed by atoms with Gasteiger partial charge < -0.3 is 10.2 Å². The Morgan fingerprint density at radius 2 is 1.76 bits per heavy atom. The fourth-order valence-corrected chi connectivity index (χ4v) is 2.39. The lowest BCUT2D eigenvalue weighted by Gasteiger charge is -2.28. The van der Waals surface area contributed by atoms with Crippen LogP contribution < -0.4 is 5.32 Å². The summed E-state index contributed by atoms with van der Waals surface area (Å²) in [5, 5.41) is 3.40. The minimum absolute atomic E-state index is 0.0788. The molecule has 1 aliphatic carbocycles. The van der Waals surface area contributed by atoms with E-state index in [1.807, 2.05) is 0 Å². The molecule has 17 heavy (non-hydrogen) atoms. The summed E-state index contributed by atoms with van der Waals surface area (Å²) in [6.45, 7) is 9.39. The number of nitrogens with zero attached hydrogens (tertiary/aromatic N) is 1. The molecule has 0 saturated heterocycles. The quantitative estimate of drug-likeness (QED) is 0.697. The third kappa shape index (κ3) is 5.77. The van der Waals surface area contributed by atoms with Crippen LogP contribution in [-0.4, -0.2) is 43.5 Å². The molecule has 0 heterocycles. The van der Waals surface area contributed by atoms with Gasteiger partial charge in [0.2, 0.25) is 5.92 Å². The van der Waals surface area contributed by atoms with Crippen LogP contribution in [0.5, 0.6) is 0 Å². The molecule has 1 aliphatic rings. The first-order chi connectivity index (χ1) is 8.07. The standard InChI is InChI=1S/C13H26F2N2/c1-3-17(4-2)10-9-16-11-12-5-7-13(14,15)8-6-12/h12,16H,3-11H2,1-2H3. The fourth-order valence-electron chi connectivity index (χ4n) is 2.39. The normalized spacial score (nSPS) is 21.0. The van der Waals surface area contributed by atoms with Gasteiger partial charge in [0.15, 0.2) is 0 Å². The minimum atomic E-state index is -2.39. The van der Waals surface area contributed by atoms with E-state index >= 15 is 0 Å². The lowest BCUT2D eigenvalue weighted by atomic mass is 9.87. The van der Waals surface area contributed by atoms with Crippen molar-refractivity contribution in [1.82, 2.24) is 10.2 Å². The Hall–Kier alpha value is -0.220. The topological polar surface area (TPSA) is 15.3 Å². The van der Waals surface area contributed by atoms with E-state index in [1.165, 1.54) is 0 Å². The summed E-state index contributed by atoms with van der Waals surface area (Å²) in [5.74, 6) is -1.94. The molecule has 0 atom stereocenters. The van der Waals surface area contributed by atoms with Crippen LogP contribution in [0.4, 0.5) is 8.78 Å². The molecule has 2 nitrogen and oxygen atoms in total. The van der Waals surface area contributed by atoms with Gasteiger partial charge in [-0.15, -0.1) is 0 Å². The summed E-state index contributed by atoms with van der Waals surface area (Å²) in [5.41, 5.74) is 0. The maximum Gasteiger partial charge on any atom is 0.248 e. The highest BCUT2D eigenvalue weighted by molar-refractivity contribution is 4.78. The third-order valence-electron chi connectivity index (χ3n) is 3.77. The number of hydrogen-bond acceptors (Lipinski definition) is 2. The average Bonchev–Trinajstić information content (AvgIpc) is 2.31. The molecule has 0 amide bonds. The Bertz CT molecular complexity index is 196. The van der Waals surface area contributed by atoms with Gasteiger partial charge in [-0.1, -0.05) is 13.8 Å². The molecule has 1 saturated carbocycles. The predicted octanol–water partition coefficient (Wildman–Crippen LogP) is 2.74. The van der Waals surface area contributed by atoms with Gasteiger partial charge in [-0.05, 0) is 38.4 Å². The molecular weight excluding hydrogens is 222 g/mol. The fraction of sp³-hybridized carbons (Fsp3) is 1.00. The van der Waals surface area contributed by atoms with Gasteiger partial charge in [0.05, 0.1) is 0 Å². The third-order valence-corrected chi connectivity index (χ3v) is 3.77. The summed E-state index contributed by atoms with van der Waals surface area (Å²) in [6, 6.07) is 0. The molecule has 0 aliphatic heterocycles. The highest BCUT2D eigenvalue weighted by atomic mass is 19.3. The van der Waals surface area contributed by atoms with Crippen molar-refractivity contribution >= 4 is 0 Å². The van der Waals surface area contributed by atoms with Crippen LogP contribution >= 0.6 is 0 Å². The first-order valence-electron chi connectivity index (χ1n) is 6.88. The van der Waals surface area contributed by atoms with Gasteiger partial charge in [0.1, 0.15) is 0 Å². The molecule has 0 aromatic carbocycles. The SMILES string of the molecule is CCN(CC)CCNCC1CCC(F)(F)CC1. The molecule has 0 radical (unpaired) electrons. The summed E-state index contributed by atoms with van der Waals surface area (Å²) >= 11 is 0. The molecule has 0 aromatic heterocycles. The maximum atomic E-state index is 12.9. The smallest absolute Gasteiger partial charge is 0.248 e. The van der Waals surface area contributed by atoms with E-state index in [4.69, 9.17) is 0 Å². The summed E-state index contributed by atoms with van der Waals surface area (Å²) < 4.78 is 25.9. The van der Waals surface area contributed by atoms with E-state index in [0.717, 1.165) is 32.7 Å². The van der Waals surface area contributed by atoms with Gasteiger partial charge in [0.25, 0.3) is 0 Å². The summed E-state index contributed by atoms with van der Waals surface area (Å²) in [4.78, 5) is 2.36. The molecule has 0 bridgehead atoms. The largest absolute Gasteiger partial charge is 0.315 e. The van der Waals surface area contributed by atoms with E-state index in [2.05, 4.69) is 24.1 Å². The second kappa shape index (κ2) is 7.27. The van der Waals surface area contributed by atoms with Crippen molar-refractivity contribution in [2.24, 2.45) is 5.92 Å². The molecule has 1 rings (SSSR count). The Morgan fingerprint density at radius 3 is 2.29 bits per heavy atom. The van der Waals surface area contributed by atoms with Gasteiger partial charge >= 0.3 is 0 Å². The molecule has 4 heteroatoms. The van der Waals surface area contributed by atoms with Crippen LogP contribution in [0.15, 0.2) is 0 Å². The van der Waals surface area contributed by atoms with E-state index in [1.54, 1.807) is 0 Å². The molecule has 102 valence electrons. The molecule has 1 N–H and O–H groups in total. The highest BCUT2D eigenvalue weighted by Gasteiger charge is 2.34. The highest BCUT2D eigenvalue weighted by Crippen LogP contribution is 2.35. The van der Waals surface area contributed by atoms with Crippen LogP contribution in [-0.2, 0) is 0 Å². The average molecular weight is 248 g/mol. The Morgan fingerprint density at radius 1 is 1.18 bits per heavy atom. The molecular formula is C13H26F2N2. The number of nitrogens with one attached hydrogen (secondary N) is 1. The van der Waals surface area contributed by atoms with Crippen LogP contribution in [0.2, 0.25) is 0 Å². The molecule has 0 spiro atoms. The van der Waals surface area contributed by atoms with E-state index < -0.39 is 5.92 Å². The van der Waals surface area contributed by atoms with Crippen LogP contribution in [0.1, 0.15) is 39.5 Å². The number of alkyl halides is 2. The Balaban J connectivity index is 2.04. The zero-order valence-corrected chi connectivity index (χ0v) is 11.1. The van der Waals surface area contributed by atoms with Crippen LogP contribution in [0.25, 0.3) is 0 Å². The molecule has 0 unspecified atom stereocenters. The van der Waals surface area contributed by atoms with Crippen molar-refractivity contribution in [2.75, 3.05) is 32.7 Å². The van der Waals surface area contributed by atoms with Gasteiger partial charge in [-0.3, -0.25) is 0 Å². The van der Waals surface area contributed by atoms with Crippen molar-refractivity contribution in [3.8, 4) is 0 Å². The van der Waals surface area contributed by atoms with Crippen molar-refractivity contribution in [3.05, 3.63) is 0 Å². The first-order valence-corrected chi connectivity index (χ1v) is 6.88. The lowest BCUT2D eigenvalue weighted by Crippen LogP contribution is -2.35. The number of hydrogen-bond donors (Lipinski definition) is 1. The maximum absolute atomic E-state index is 12.9.